The van der Waals surface area contributed by atoms with Crippen molar-refractivity contribution in [2.75, 3.05) is 46.5 Å². The average molecular weight is 693 g/mol. The summed E-state index contributed by atoms with van der Waals surface area (Å²) in [6.45, 7) is 1.31. The van der Waals surface area contributed by atoms with Crippen LogP contribution < -0.4 is 38.2 Å². The molecule has 1 unspecified atom stereocenters. The summed E-state index contributed by atoms with van der Waals surface area (Å²) in [5.41, 5.74) is 12.8. The van der Waals surface area contributed by atoms with Gasteiger partial charge in [-0.25, -0.2) is 19.6 Å². The zero-order chi connectivity index (χ0) is 34.5. The first-order valence-corrected chi connectivity index (χ1v) is 14.8. The number of aromatic amines is 2. The highest BCUT2D eigenvalue weighted by atomic mass is 35.5. The number of aromatic nitrogens is 6. The van der Waals surface area contributed by atoms with E-state index in [4.69, 9.17) is 44.9 Å². The lowest BCUT2D eigenvalue weighted by Crippen LogP contribution is -2.41. The number of carbonyl (C=O) groups is 3. The molecule has 20 heteroatoms. The third-order valence-electron chi connectivity index (χ3n) is 6.22. The molecule has 1 atom stereocenters. The highest BCUT2D eigenvalue weighted by Crippen LogP contribution is 2.16. The van der Waals surface area contributed by atoms with E-state index in [1.807, 2.05) is 0 Å². The summed E-state index contributed by atoms with van der Waals surface area (Å²) in [6.07, 6.45) is 2.29. The number of nitrogen functional groups attached to an aromatic ring is 2. The normalized spacial score (nSPS) is 11.2. The number of rotatable bonds is 14. The first-order chi connectivity index (χ1) is 22.4. The van der Waals surface area contributed by atoms with Crippen molar-refractivity contribution in [1.29, 1.82) is 0 Å². The summed E-state index contributed by atoms with van der Waals surface area (Å²) in [5, 5.41) is 23.3. The second-order valence-electron chi connectivity index (χ2n) is 9.55. The summed E-state index contributed by atoms with van der Waals surface area (Å²) in [6, 6.07) is 4.99. The van der Waals surface area contributed by atoms with E-state index in [1.165, 1.54) is 24.5 Å². The van der Waals surface area contributed by atoms with Gasteiger partial charge in [0.25, 0.3) is 11.5 Å². The van der Waals surface area contributed by atoms with Crippen LogP contribution in [0.3, 0.4) is 0 Å². The molecular weight excluding hydrogens is 661 g/mol. The third kappa shape index (κ3) is 10.8. The number of carboxylic acids is 2. The number of alkyl halides is 2. The van der Waals surface area contributed by atoms with E-state index in [0.717, 1.165) is 0 Å². The minimum atomic E-state index is -1.30. The number of aliphatic carboxylic acids is 2. The smallest absolute Gasteiger partial charge is 0.326 e. The number of H-pyrrole nitrogens is 2. The second-order valence-corrected chi connectivity index (χ2v) is 10.3. The van der Waals surface area contributed by atoms with E-state index < -0.39 is 35.1 Å². The molecule has 3 heterocycles. The third-order valence-corrected chi connectivity index (χ3v) is 6.56. The predicted molar refractivity (Wildman–Crippen MR) is 175 cm³/mol. The number of nitrogens with two attached hydrogens (primary N) is 2. The summed E-state index contributed by atoms with van der Waals surface area (Å²) >= 11 is 11.2. The maximum atomic E-state index is 12.3. The molecule has 1 aromatic carbocycles. The van der Waals surface area contributed by atoms with Crippen molar-refractivity contribution in [3.05, 3.63) is 68.8 Å². The number of hydrogen-bond acceptors (Lipinski definition) is 13. The van der Waals surface area contributed by atoms with E-state index in [0.29, 0.717) is 54.0 Å². The van der Waals surface area contributed by atoms with E-state index in [2.05, 4.69) is 40.5 Å². The van der Waals surface area contributed by atoms with Crippen LogP contribution in [0, 0.1) is 0 Å². The number of benzene rings is 1. The Morgan fingerprint density at radius 2 is 1.68 bits per heavy atom. The summed E-state index contributed by atoms with van der Waals surface area (Å²) in [4.78, 5) is 79.0. The lowest BCUT2D eigenvalue weighted by Gasteiger charge is -2.20. The van der Waals surface area contributed by atoms with Crippen LogP contribution in [0.1, 0.15) is 28.9 Å². The molecule has 1 amide bonds. The maximum absolute atomic E-state index is 12.3. The highest BCUT2D eigenvalue weighted by Gasteiger charge is 2.21. The van der Waals surface area contributed by atoms with Gasteiger partial charge in [-0.05, 0) is 30.7 Å². The average Bonchev–Trinajstić information content (AvgIpc) is 3.02. The van der Waals surface area contributed by atoms with Crippen LogP contribution in [0.15, 0.2) is 46.2 Å². The largest absolute Gasteiger partial charge is 0.481 e. The van der Waals surface area contributed by atoms with Gasteiger partial charge in [0.05, 0.1) is 18.4 Å². The fourth-order valence-corrected chi connectivity index (χ4v) is 4.37. The Labute approximate surface area is 275 Å². The Morgan fingerprint density at radius 3 is 2.28 bits per heavy atom. The first kappa shape index (κ1) is 36.0. The monoisotopic (exact) mass is 691 g/mol. The van der Waals surface area contributed by atoms with Gasteiger partial charge in [0, 0.05) is 48.7 Å². The van der Waals surface area contributed by atoms with E-state index >= 15 is 0 Å². The number of amides is 1. The molecule has 0 aliphatic rings. The topological polar surface area (TPSA) is 288 Å². The molecule has 3 aromatic heterocycles. The van der Waals surface area contributed by atoms with Crippen molar-refractivity contribution in [3.63, 3.8) is 0 Å². The van der Waals surface area contributed by atoms with Gasteiger partial charge in [-0.1, -0.05) is 0 Å². The molecule has 0 saturated heterocycles. The van der Waals surface area contributed by atoms with Crippen LogP contribution in [-0.4, -0.2) is 88.9 Å². The molecule has 0 radical (unpaired) electrons. The fraction of sp³-hybridized carbons (Fsp3) is 0.296. The van der Waals surface area contributed by atoms with Gasteiger partial charge in [-0.15, -0.1) is 23.2 Å². The Bertz CT molecular complexity index is 1810. The van der Waals surface area contributed by atoms with Gasteiger partial charge >= 0.3 is 17.6 Å². The highest BCUT2D eigenvalue weighted by molar-refractivity contribution is 6.18. The van der Waals surface area contributed by atoms with Gasteiger partial charge in [-0.2, -0.15) is 9.97 Å². The quantitative estimate of drug-likeness (QED) is 0.0839. The van der Waals surface area contributed by atoms with E-state index in [9.17, 15) is 24.0 Å². The van der Waals surface area contributed by atoms with Crippen molar-refractivity contribution in [1.82, 2.24) is 35.2 Å². The lowest BCUT2D eigenvalue weighted by molar-refractivity contribution is -0.140. The van der Waals surface area contributed by atoms with Crippen LogP contribution in [0.2, 0.25) is 0 Å². The molecule has 0 spiro atoms. The number of carboxylic acid groups (broad SMARTS) is 2. The zero-order valence-corrected chi connectivity index (χ0v) is 26.1. The van der Waals surface area contributed by atoms with Gasteiger partial charge in [0.2, 0.25) is 5.95 Å². The number of carbonyl (C=O) groups excluding carboxylic acids is 1. The maximum Gasteiger partial charge on any atom is 0.326 e. The van der Waals surface area contributed by atoms with Crippen LogP contribution >= 0.6 is 23.2 Å². The predicted octanol–water partition coefficient (Wildman–Crippen LogP) is 0.591. The number of fused-ring (bicyclic) bond motifs is 1. The Balaban J connectivity index is 0.000000335. The molecule has 4 aromatic rings. The van der Waals surface area contributed by atoms with Crippen LogP contribution in [0.5, 0.6) is 0 Å². The number of halogens is 2. The molecule has 0 fully saturated rings. The minimum Gasteiger partial charge on any atom is -0.481 e. The first-order valence-electron chi connectivity index (χ1n) is 13.7. The van der Waals surface area contributed by atoms with Crippen molar-refractivity contribution in [2.24, 2.45) is 0 Å². The molecule has 0 aliphatic carbocycles. The number of nitrogens with one attached hydrogen (secondary N) is 4. The van der Waals surface area contributed by atoms with Crippen LogP contribution in [-0.2, 0) is 16.1 Å². The molecule has 250 valence electrons. The molecule has 47 heavy (non-hydrogen) atoms. The molecular formula is C27H31Cl2N11O7. The molecule has 4 rings (SSSR count). The van der Waals surface area contributed by atoms with Crippen LogP contribution in [0.4, 0.5) is 23.1 Å². The van der Waals surface area contributed by atoms with Gasteiger partial charge in [0.15, 0.2) is 17.0 Å². The zero-order valence-electron chi connectivity index (χ0n) is 24.6. The molecule has 18 nitrogen and oxygen atoms in total. The Hall–Kier alpha value is -5.49. The van der Waals surface area contributed by atoms with E-state index in [-0.39, 0.29) is 35.8 Å². The van der Waals surface area contributed by atoms with Gasteiger partial charge < -0.3 is 42.2 Å². The van der Waals surface area contributed by atoms with Gasteiger partial charge in [0.1, 0.15) is 11.7 Å². The van der Waals surface area contributed by atoms with Crippen molar-refractivity contribution >= 4 is 75.4 Å². The van der Waals surface area contributed by atoms with Crippen LogP contribution in [0.25, 0.3) is 11.2 Å². The lowest BCUT2D eigenvalue weighted by atomic mass is 10.1. The fourth-order valence-electron chi connectivity index (χ4n) is 3.96. The Kier molecular flexibility index (Phi) is 13.2. The number of hydrogen-bond donors (Lipinski definition) is 8. The number of anilines is 4. The van der Waals surface area contributed by atoms with Crippen molar-refractivity contribution in [3.8, 4) is 0 Å². The SMILES string of the molecule is Nc1nc(N)c2nc(CNc3ccc(C(=O)NC(CCC(=O)O)C(=O)O)cc3)cnc2n1.O=c1[nH]cc(N(CCCl)CCCl)c(=O)[nH]1. The van der Waals surface area contributed by atoms with Crippen molar-refractivity contribution < 1.29 is 24.6 Å². The second kappa shape index (κ2) is 17.3. The minimum absolute atomic E-state index is 0.0101. The van der Waals surface area contributed by atoms with E-state index in [1.54, 1.807) is 17.0 Å². The van der Waals surface area contributed by atoms with Crippen molar-refractivity contribution in [2.45, 2.75) is 25.4 Å². The molecule has 0 aliphatic heterocycles. The Morgan fingerprint density at radius 1 is 1.00 bits per heavy atom. The molecule has 0 saturated carbocycles. The summed E-state index contributed by atoms with van der Waals surface area (Å²) in [7, 11) is 0. The number of nitrogens with zero attached hydrogens (tertiary/aromatic N) is 5. The van der Waals surface area contributed by atoms with Gasteiger partial charge in [-0.3, -0.25) is 19.4 Å². The molecule has 10 N–H and O–H groups in total. The summed E-state index contributed by atoms with van der Waals surface area (Å²) in [5.74, 6) is -2.16. The molecule has 0 bridgehead atoms. The standard InChI is InChI=1S/C19H20N8O5.C8H11Cl2N3O2/c20-15-14-16(27-19(21)26-15)23-8-11(24-14)7-22-10-3-1-9(2-4-10)17(30)25-12(18(31)32)5-6-13(28)29;9-1-3-13(4-2-10)6-5-11-8(15)12-7(6)14/h1-4,8,12,22H,5-7H2,(H,25,30)(H,28,29)(H,31,32)(H4,20,21,23,26,27);5H,1-4H2,(H2,11,12,14,15). The summed E-state index contributed by atoms with van der Waals surface area (Å²) < 4.78 is 0.